The molecule has 2 aromatic rings. The number of nitrogens with zero attached hydrogens (tertiary/aromatic N) is 1. The average molecular weight is 380 g/mol. The minimum Gasteiger partial charge on any atom is -0.447 e. The summed E-state index contributed by atoms with van der Waals surface area (Å²) in [5, 5.41) is 2.68. The molecular weight excluding hydrogens is 356 g/mol. The van der Waals surface area contributed by atoms with E-state index in [1.807, 2.05) is 18.2 Å². The number of esters is 1. The van der Waals surface area contributed by atoms with Crippen LogP contribution in [0.5, 0.6) is 0 Å². The number of anilines is 1. The zero-order chi connectivity index (χ0) is 19.9. The topological polar surface area (TPSA) is 75.7 Å². The maximum atomic E-state index is 12.9. The molecule has 3 rings (SSSR count). The maximum absolute atomic E-state index is 12.9. The highest BCUT2D eigenvalue weighted by Gasteiger charge is 2.30. The van der Waals surface area contributed by atoms with Crippen LogP contribution in [0.1, 0.15) is 37.0 Å². The van der Waals surface area contributed by atoms with Gasteiger partial charge in [-0.25, -0.2) is 0 Å². The Morgan fingerprint density at radius 1 is 1.00 bits per heavy atom. The summed E-state index contributed by atoms with van der Waals surface area (Å²) < 4.78 is 5.61. The Balaban J connectivity index is 1.68. The number of carbonyl (C=O) groups excluding carboxylic acids is 3. The highest BCUT2D eigenvalue weighted by Crippen LogP contribution is 2.23. The van der Waals surface area contributed by atoms with Gasteiger partial charge in [-0.05, 0) is 30.5 Å². The van der Waals surface area contributed by atoms with Crippen LogP contribution < -0.4 is 5.32 Å². The molecule has 1 aliphatic rings. The molecule has 1 atom stereocenters. The van der Waals surface area contributed by atoms with E-state index in [1.54, 1.807) is 41.3 Å². The van der Waals surface area contributed by atoms with Gasteiger partial charge in [0.1, 0.15) is 0 Å². The summed E-state index contributed by atoms with van der Waals surface area (Å²) in [5.41, 5.74) is 2.09. The molecule has 1 saturated heterocycles. The second-order valence-corrected chi connectivity index (χ2v) is 6.87. The lowest BCUT2D eigenvalue weighted by Gasteiger charge is -2.23. The van der Waals surface area contributed by atoms with Gasteiger partial charge < -0.3 is 15.0 Å². The van der Waals surface area contributed by atoms with Crippen molar-refractivity contribution < 1.29 is 19.1 Å². The zero-order valence-electron chi connectivity index (χ0n) is 15.9. The van der Waals surface area contributed by atoms with Crippen molar-refractivity contribution in [3.63, 3.8) is 0 Å². The Hall–Kier alpha value is -3.15. The fourth-order valence-electron chi connectivity index (χ4n) is 3.24. The predicted molar refractivity (Wildman–Crippen MR) is 106 cm³/mol. The molecule has 28 heavy (non-hydrogen) atoms. The van der Waals surface area contributed by atoms with E-state index in [0.29, 0.717) is 24.3 Å². The van der Waals surface area contributed by atoms with Crippen LogP contribution in [0, 0.1) is 0 Å². The molecular formula is C22H24N2O4. The minimum absolute atomic E-state index is 0.0525. The Bertz CT molecular complexity index is 827. The summed E-state index contributed by atoms with van der Waals surface area (Å²) in [6.07, 6.45) is 1.08. The molecule has 1 unspecified atom stereocenters. The Morgan fingerprint density at radius 2 is 1.64 bits per heavy atom. The van der Waals surface area contributed by atoms with Crippen LogP contribution in [-0.4, -0.2) is 35.8 Å². The van der Waals surface area contributed by atoms with E-state index >= 15 is 0 Å². The zero-order valence-corrected chi connectivity index (χ0v) is 15.9. The fourth-order valence-corrected chi connectivity index (χ4v) is 3.24. The molecule has 1 aliphatic heterocycles. The van der Waals surface area contributed by atoms with Crippen LogP contribution >= 0.6 is 0 Å². The van der Waals surface area contributed by atoms with E-state index < -0.39 is 12.1 Å². The lowest BCUT2D eigenvalue weighted by molar-refractivity contribution is -0.160. The number of benzene rings is 2. The maximum Gasteiger partial charge on any atom is 0.311 e. The second kappa shape index (κ2) is 9.17. The molecule has 0 saturated carbocycles. The van der Waals surface area contributed by atoms with Crippen LogP contribution in [-0.2, 0) is 25.5 Å². The number of carbonyl (C=O) groups is 3. The number of ether oxygens (including phenoxy) is 1. The van der Waals surface area contributed by atoms with Crippen molar-refractivity contribution >= 4 is 23.5 Å². The molecule has 6 nitrogen and oxygen atoms in total. The quantitative estimate of drug-likeness (QED) is 0.782. The van der Waals surface area contributed by atoms with Gasteiger partial charge in [0, 0.05) is 31.3 Å². The fraction of sp³-hybridized carbons (Fsp3) is 0.318. The van der Waals surface area contributed by atoms with E-state index in [9.17, 15) is 14.4 Å². The van der Waals surface area contributed by atoms with Crippen molar-refractivity contribution in [3.8, 4) is 0 Å². The average Bonchev–Trinajstić information content (AvgIpc) is 3.22. The van der Waals surface area contributed by atoms with Crippen molar-refractivity contribution in [2.75, 3.05) is 18.4 Å². The van der Waals surface area contributed by atoms with E-state index in [0.717, 1.165) is 18.4 Å². The van der Waals surface area contributed by atoms with E-state index in [-0.39, 0.29) is 18.2 Å². The highest BCUT2D eigenvalue weighted by molar-refractivity contribution is 5.89. The first-order chi connectivity index (χ1) is 13.5. The second-order valence-electron chi connectivity index (χ2n) is 6.87. The lowest BCUT2D eigenvalue weighted by Crippen LogP contribution is -2.35. The molecule has 1 fully saturated rings. The first kappa shape index (κ1) is 19.6. The SMILES string of the molecule is CC(=O)Nc1ccc(CC(=O)OC(C(=O)N2CCCC2)c2ccccc2)cc1. The van der Waals surface area contributed by atoms with Crippen LogP contribution in [0.4, 0.5) is 5.69 Å². The van der Waals surface area contributed by atoms with Crippen molar-refractivity contribution in [3.05, 3.63) is 65.7 Å². The summed E-state index contributed by atoms with van der Waals surface area (Å²) in [5.74, 6) is -0.787. The summed E-state index contributed by atoms with van der Waals surface area (Å²) in [4.78, 5) is 38.2. The van der Waals surface area contributed by atoms with Crippen molar-refractivity contribution in [1.29, 1.82) is 0 Å². The van der Waals surface area contributed by atoms with Crippen LogP contribution in [0.2, 0.25) is 0 Å². The molecule has 0 aromatic heterocycles. The molecule has 0 bridgehead atoms. The Kier molecular flexibility index (Phi) is 6.42. The normalized spacial score (nSPS) is 14.4. The third-order valence-corrected chi connectivity index (χ3v) is 4.62. The summed E-state index contributed by atoms with van der Waals surface area (Å²) in [7, 11) is 0. The van der Waals surface area contributed by atoms with Gasteiger partial charge in [-0.2, -0.15) is 0 Å². The molecule has 146 valence electrons. The van der Waals surface area contributed by atoms with E-state index in [1.165, 1.54) is 6.92 Å². The van der Waals surface area contributed by atoms with Gasteiger partial charge in [0.15, 0.2) is 0 Å². The molecule has 1 heterocycles. The number of nitrogens with one attached hydrogen (secondary N) is 1. The Labute approximate surface area is 164 Å². The molecule has 2 aromatic carbocycles. The van der Waals surface area contributed by atoms with Crippen LogP contribution in [0.25, 0.3) is 0 Å². The van der Waals surface area contributed by atoms with E-state index in [2.05, 4.69) is 5.32 Å². The van der Waals surface area contributed by atoms with Crippen molar-refractivity contribution in [2.24, 2.45) is 0 Å². The molecule has 0 radical (unpaired) electrons. The Morgan fingerprint density at radius 3 is 2.25 bits per heavy atom. The third kappa shape index (κ3) is 5.19. The molecule has 0 spiro atoms. The largest absolute Gasteiger partial charge is 0.447 e. The van der Waals surface area contributed by atoms with Crippen LogP contribution in [0.15, 0.2) is 54.6 Å². The van der Waals surface area contributed by atoms with Gasteiger partial charge in [-0.3, -0.25) is 14.4 Å². The summed E-state index contributed by atoms with van der Waals surface area (Å²) in [6.45, 7) is 2.83. The number of hydrogen-bond acceptors (Lipinski definition) is 4. The number of amides is 2. The molecule has 6 heteroatoms. The van der Waals surface area contributed by atoms with E-state index in [4.69, 9.17) is 4.74 Å². The highest BCUT2D eigenvalue weighted by atomic mass is 16.5. The first-order valence-corrected chi connectivity index (χ1v) is 9.42. The monoisotopic (exact) mass is 380 g/mol. The van der Waals surface area contributed by atoms with Gasteiger partial charge in [-0.1, -0.05) is 42.5 Å². The van der Waals surface area contributed by atoms with Crippen molar-refractivity contribution in [2.45, 2.75) is 32.3 Å². The summed E-state index contributed by atoms with van der Waals surface area (Å²) in [6, 6.07) is 16.1. The predicted octanol–water partition coefficient (Wildman–Crippen LogP) is 3.09. The van der Waals surface area contributed by atoms with Crippen molar-refractivity contribution in [1.82, 2.24) is 4.90 Å². The number of rotatable bonds is 6. The minimum atomic E-state index is -0.926. The number of hydrogen-bond donors (Lipinski definition) is 1. The first-order valence-electron chi connectivity index (χ1n) is 9.42. The lowest BCUT2D eigenvalue weighted by atomic mass is 10.1. The van der Waals surface area contributed by atoms with Gasteiger partial charge in [0.05, 0.1) is 6.42 Å². The standard InChI is InChI=1S/C22H24N2O4/c1-16(25)23-19-11-9-17(10-12-19)15-20(26)28-21(18-7-3-2-4-8-18)22(27)24-13-5-6-14-24/h2-4,7-12,21H,5-6,13-15H2,1H3,(H,23,25). The molecule has 2 amide bonds. The molecule has 1 N–H and O–H groups in total. The van der Waals surface area contributed by atoms with Gasteiger partial charge in [0.25, 0.3) is 5.91 Å². The van der Waals surface area contributed by atoms with Gasteiger partial charge >= 0.3 is 5.97 Å². The third-order valence-electron chi connectivity index (χ3n) is 4.62. The van der Waals surface area contributed by atoms with Crippen LogP contribution in [0.3, 0.4) is 0 Å². The smallest absolute Gasteiger partial charge is 0.311 e. The summed E-state index contributed by atoms with van der Waals surface area (Å²) >= 11 is 0. The number of likely N-dealkylation sites (tertiary alicyclic amines) is 1. The van der Waals surface area contributed by atoms with Gasteiger partial charge in [-0.15, -0.1) is 0 Å². The van der Waals surface area contributed by atoms with Gasteiger partial charge in [0.2, 0.25) is 12.0 Å². The molecule has 0 aliphatic carbocycles.